The molecule has 0 radical (unpaired) electrons. The maximum Gasteiger partial charge on any atom is 0.409 e. The van der Waals surface area contributed by atoms with E-state index in [2.05, 4.69) is 0 Å². The summed E-state index contributed by atoms with van der Waals surface area (Å²) in [5.74, 6) is 1.06. The average molecular weight is 439 g/mol. The van der Waals surface area contributed by atoms with Crippen LogP contribution in [0.5, 0.6) is 0 Å². The van der Waals surface area contributed by atoms with Crippen LogP contribution in [0.15, 0.2) is 40.8 Å². The first-order valence-electron chi connectivity index (χ1n) is 9.35. The lowest BCUT2D eigenvalue weighted by molar-refractivity contribution is 0.0545. The predicted molar refractivity (Wildman–Crippen MR) is 110 cm³/mol. The topological polar surface area (TPSA) is 80.1 Å². The summed E-state index contributed by atoms with van der Waals surface area (Å²) in [4.78, 5) is 27.6. The molecule has 0 spiro atoms. The van der Waals surface area contributed by atoms with E-state index in [4.69, 9.17) is 20.8 Å². The third-order valence-electron chi connectivity index (χ3n) is 4.49. The van der Waals surface area contributed by atoms with E-state index in [1.165, 1.54) is 0 Å². The summed E-state index contributed by atoms with van der Waals surface area (Å²) < 4.78 is 23.0. The fourth-order valence-corrected chi connectivity index (χ4v) is 4.39. The minimum absolute atomic E-state index is 0.212. The first-order valence-corrected chi connectivity index (χ1v) is 11.2. The lowest BCUT2D eigenvalue weighted by Gasteiger charge is -2.33. The zero-order valence-electron chi connectivity index (χ0n) is 16.1. The van der Waals surface area contributed by atoms with Crippen LogP contribution in [0.1, 0.15) is 28.8 Å². The number of nitrogens with zero attached hydrogens (tertiary/aromatic N) is 2. The maximum atomic E-state index is 12.6. The zero-order chi connectivity index (χ0) is 20.8. The smallest absolute Gasteiger partial charge is 0.409 e. The van der Waals surface area contributed by atoms with Gasteiger partial charge in [0.1, 0.15) is 5.76 Å². The number of rotatable bonds is 6. The second-order valence-corrected chi connectivity index (χ2v) is 8.50. The standard InChI is InChI=1S/C20H23ClN2O5S/c1-2-27-20(25)23-10-8-22(9-11-23)19(24)18-7-6-17(28-18)14-29(26)13-15-4-3-5-16(21)12-15/h3-7,12H,2,8-11,13-14H2,1H3/t29-/m0/s1. The molecule has 156 valence electrons. The number of benzene rings is 1. The molecule has 0 saturated carbocycles. The number of hydrogen-bond donors (Lipinski definition) is 0. The molecular formula is C20H23ClN2O5S. The van der Waals surface area contributed by atoms with E-state index in [9.17, 15) is 13.8 Å². The average Bonchev–Trinajstić information content (AvgIpc) is 3.16. The van der Waals surface area contributed by atoms with Gasteiger partial charge in [-0.05, 0) is 36.8 Å². The third kappa shape index (κ3) is 5.83. The molecule has 0 N–H and O–H groups in total. The minimum atomic E-state index is -1.18. The van der Waals surface area contributed by atoms with Gasteiger partial charge in [0.2, 0.25) is 0 Å². The highest BCUT2D eigenvalue weighted by molar-refractivity contribution is 7.83. The van der Waals surface area contributed by atoms with Crippen LogP contribution in [0.2, 0.25) is 5.02 Å². The van der Waals surface area contributed by atoms with E-state index >= 15 is 0 Å². The van der Waals surface area contributed by atoms with Crippen LogP contribution in [0.25, 0.3) is 0 Å². The molecule has 1 atom stereocenters. The third-order valence-corrected chi connectivity index (χ3v) is 5.98. The minimum Gasteiger partial charge on any atom is -0.455 e. The Morgan fingerprint density at radius 3 is 2.52 bits per heavy atom. The van der Waals surface area contributed by atoms with Crippen LogP contribution in [0.3, 0.4) is 0 Å². The van der Waals surface area contributed by atoms with Crippen molar-refractivity contribution in [2.45, 2.75) is 18.4 Å². The molecule has 1 aliphatic rings. The van der Waals surface area contributed by atoms with Crippen molar-refractivity contribution in [3.05, 3.63) is 58.5 Å². The molecule has 1 aromatic heterocycles. The number of carbonyl (C=O) groups excluding carboxylic acids is 2. The molecule has 2 amide bonds. The van der Waals surface area contributed by atoms with Gasteiger partial charge in [-0.1, -0.05) is 23.7 Å². The number of hydrogen-bond acceptors (Lipinski definition) is 5. The summed E-state index contributed by atoms with van der Waals surface area (Å²) in [6.45, 7) is 3.74. The summed E-state index contributed by atoms with van der Waals surface area (Å²) in [5, 5.41) is 0.605. The van der Waals surface area contributed by atoms with Gasteiger partial charge in [0.05, 0.1) is 12.4 Å². The largest absolute Gasteiger partial charge is 0.455 e. The summed E-state index contributed by atoms with van der Waals surface area (Å²) in [7, 11) is -1.18. The zero-order valence-corrected chi connectivity index (χ0v) is 17.7. The number of furan rings is 1. The summed E-state index contributed by atoms with van der Waals surface area (Å²) in [5.41, 5.74) is 0.887. The van der Waals surface area contributed by atoms with Gasteiger partial charge in [0.15, 0.2) is 5.76 Å². The highest BCUT2D eigenvalue weighted by atomic mass is 35.5. The monoisotopic (exact) mass is 438 g/mol. The Morgan fingerprint density at radius 1 is 1.10 bits per heavy atom. The van der Waals surface area contributed by atoms with Gasteiger partial charge in [-0.2, -0.15) is 0 Å². The van der Waals surface area contributed by atoms with E-state index in [1.807, 2.05) is 12.1 Å². The molecule has 29 heavy (non-hydrogen) atoms. The van der Waals surface area contributed by atoms with Gasteiger partial charge in [-0.3, -0.25) is 9.00 Å². The van der Waals surface area contributed by atoms with E-state index in [-0.39, 0.29) is 23.5 Å². The second-order valence-electron chi connectivity index (χ2n) is 6.60. The normalized spacial score (nSPS) is 15.2. The van der Waals surface area contributed by atoms with Crippen molar-refractivity contribution in [2.24, 2.45) is 0 Å². The van der Waals surface area contributed by atoms with Crippen molar-refractivity contribution in [1.29, 1.82) is 0 Å². The van der Waals surface area contributed by atoms with Crippen molar-refractivity contribution in [3.8, 4) is 0 Å². The second kappa shape index (κ2) is 9.93. The van der Waals surface area contributed by atoms with E-state index in [1.54, 1.807) is 41.0 Å². The van der Waals surface area contributed by atoms with Crippen molar-refractivity contribution in [2.75, 3.05) is 32.8 Å². The summed E-state index contributed by atoms with van der Waals surface area (Å²) in [6, 6.07) is 10.5. The van der Waals surface area contributed by atoms with E-state index in [0.717, 1.165) is 5.56 Å². The number of piperazine rings is 1. The highest BCUT2D eigenvalue weighted by Crippen LogP contribution is 2.17. The number of amides is 2. The number of ether oxygens (including phenoxy) is 1. The van der Waals surface area contributed by atoms with Crippen LogP contribution >= 0.6 is 11.6 Å². The molecule has 1 aromatic carbocycles. The van der Waals surface area contributed by atoms with Crippen molar-refractivity contribution >= 4 is 34.4 Å². The molecule has 0 unspecified atom stereocenters. The Bertz CT molecular complexity index is 893. The first kappa shape index (κ1) is 21.4. The van der Waals surface area contributed by atoms with Gasteiger partial charge < -0.3 is 19.0 Å². The van der Waals surface area contributed by atoms with Crippen LogP contribution in [0, 0.1) is 0 Å². The molecule has 2 aromatic rings. The fourth-order valence-electron chi connectivity index (χ4n) is 3.06. The van der Waals surface area contributed by atoms with Gasteiger partial charge in [-0.15, -0.1) is 0 Å². The molecule has 0 bridgehead atoms. The number of halogens is 1. The van der Waals surface area contributed by atoms with Crippen molar-refractivity contribution < 1.29 is 23.0 Å². The predicted octanol–water partition coefficient (Wildman–Crippen LogP) is 3.30. The Labute approximate surface area is 177 Å². The first-order chi connectivity index (χ1) is 14.0. The highest BCUT2D eigenvalue weighted by Gasteiger charge is 2.27. The molecule has 1 aliphatic heterocycles. The van der Waals surface area contributed by atoms with Crippen LogP contribution in [-0.4, -0.2) is 58.8 Å². The van der Waals surface area contributed by atoms with Gasteiger partial charge >= 0.3 is 6.09 Å². The van der Waals surface area contributed by atoms with Crippen molar-refractivity contribution in [3.63, 3.8) is 0 Å². The summed E-state index contributed by atoms with van der Waals surface area (Å²) >= 11 is 5.95. The van der Waals surface area contributed by atoms with Crippen LogP contribution in [-0.2, 0) is 27.0 Å². The van der Waals surface area contributed by atoms with Crippen LogP contribution < -0.4 is 0 Å². The molecular weight excluding hydrogens is 416 g/mol. The van der Waals surface area contributed by atoms with Crippen molar-refractivity contribution in [1.82, 2.24) is 9.80 Å². The lowest BCUT2D eigenvalue weighted by atomic mass is 10.2. The maximum absolute atomic E-state index is 12.6. The van der Waals surface area contributed by atoms with E-state index in [0.29, 0.717) is 49.3 Å². The Hall–Kier alpha value is -2.32. The molecule has 3 rings (SSSR count). The fraction of sp³-hybridized carbons (Fsp3) is 0.400. The van der Waals surface area contributed by atoms with Crippen LogP contribution in [0.4, 0.5) is 4.79 Å². The number of carbonyl (C=O) groups is 2. The molecule has 1 fully saturated rings. The Balaban J connectivity index is 1.52. The Kier molecular flexibility index (Phi) is 7.33. The molecule has 0 aliphatic carbocycles. The summed E-state index contributed by atoms with van der Waals surface area (Å²) in [6.07, 6.45) is -0.359. The quantitative estimate of drug-likeness (QED) is 0.691. The molecule has 9 heteroatoms. The molecule has 2 heterocycles. The molecule has 1 saturated heterocycles. The lowest BCUT2D eigenvalue weighted by Crippen LogP contribution is -2.50. The molecule has 7 nitrogen and oxygen atoms in total. The van der Waals surface area contributed by atoms with Gasteiger partial charge in [0, 0.05) is 47.8 Å². The van der Waals surface area contributed by atoms with E-state index < -0.39 is 10.8 Å². The van der Waals surface area contributed by atoms with Gasteiger partial charge in [-0.25, -0.2) is 4.79 Å². The van der Waals surface area contributed by atoms with Gasteiger partial charge in [0.25, 0.3) is 5.91 Å². The SMILES string of the molecule is CCOC(=O)N1CCN(C(=O)c2ccc(C[S@@](=O)Cc3cccc(Cl)c3)o2)CC1. The Morgan fingerprint density at radius 2 is 1.83 bits per heavy atom.